The van der Waals surface area contributed by atoms with Gasteiger partial charge in [-0.05, 0) is 65.7 Å². The van der Waals surface area contributed by atoms with Crippen molar-refractivity contribution in [3.8, 4) is 11.5 Å². The number of nitrogens with one attached hydrogen (secondary N) is 2. The highest BCUT2D eigenvalue weighted by Gasteiger charge is 2.22. The number of amides is 2. The van der Waals surface area contributed by atoms with Gasteiger partial charge in [0.15, 0.2) is 0 Å². The van der Waals surface area contributed by atoms with Crippen LogP contribution in [0.3, 0.4) is 0 Å². The minimum absolute atomic E-state index is 0.00866. The lowest BCUT2D eigenvalue weighted by Crippen LogP contribution is -2.47. The first kappa shape index (κ1) is 25.5. The molecule has 0 fully saturated rings. The van der Waals surface area contributed by atoms with Crippen LogP contribution in [0.1, 0.15) is 11.1 Å². The van der Waals surface area contributed by atoms with E-state index in [0.29, 0.717) is 23.8 Å². The number of benzene rings is 3. The molecule has 1 aromatic heterocycles. The van der Waals surface area contributed by atoms with Crippen LogP contribution in [0, 0.1) is 5.82 Å². The van der Waals surface area contributed by atoms with Crippen LogP contribution in [0.2, 0.25) is 0 Å². The summed E-state index contributed by atoms with van der Waals surface area (Å²) in [4.78, 5) is 29.7. The molecule has 8 heteroatoms. The van der Waals surface area contributed by atoms with Crippen molar-refractivity contribution in [3.63, 3.8) is 0 Å². The average molecular weight is 500 g/mol. The van der Waals surface area contributed by atoms with Crippen LogP contribution in [0.25, 0.3) is 0 Å². The maximum atomic E-state index is 13.1. The van der Waals surface area contributed by atoms with Crippen molar-refractivity contribution < 1.29 is 23.5 Å². The van der Waals surface area contributed by atoms with Gasteiger partial charge in [-0.2, -0.15) is 0 Å². The Morgan fingerprint density at radius 3 is 2.19 bits per heavy atom. The molecule has 1 heterocycles. The fraction of sp³-hybridized carbons (Fsp3) is 0.138. The Balaban J connectivity index is 1.37. The van der Waals surface area contributed by atoms with Crippen molar-refractivity contribution in [2.45, 2.75) is 19.1 Å². The van der Waals surface area contributed by atoms with Gasteiger partial charge < -0.3 is 20.1 Å². The number of hydrogen-bond acceptors (Lipinski definition) is 5. The number of ether oxygens (including phenoxy) is 2. The topological polar surface area (TPSA) is 89.5 Å². The van der Waals surface area contributed by atoms with Gasteiger partial charge in [0.2, 0.25) is 11.8 Å². The van der Waals surface area contributed by atoms with Gasteiger partial charge in [0, 0.05) is 18.1 Å². The summed E-state index contributed by atoms with van der Waals surface area (Å²) in [5.41, 5.74) is 2.22. The molecule has 2 amide bonds. The zero-order valence-electron chi connectivity index (χ0n) is 20.0. The summed E-state index contributed by atoms with van der Waals surface area (Å²) in [6.45, 7) is 0.295. The first-order chi connectivity index (χ1) is 18.0. The second kappa shape index (κ2) is 12.9. The largest absolute Gasteiger partial charge is 0.457 e. The molecule has 4 rings (SSSR count). The second-order valence-electron chi connectivity index (χ2n) is 8.23. The van der Waals surface area contributed by atoms with Crippen LogP contribution in [0.15, 0.2) is 103 Å². The summed E-state index contributed by atoms with van der Waals surface area (Å²) >= 11 is 0. The Morgan fingerprint density at radius 2 is 1.51 bits per heavy atom. The third-order valence-electron chi connectivity index (χ3n) is 5.31. The van der Waals surface area contributed by atoms with Crippen molar-refractivity contribution >= 4 is 17.5 Å². The Bertz CT molecular complexity index is 1280. The highest BCUT2D eigenvalue weighted by Crippen LogP contribution is 2.23. The number of aromatic nitrogens is 1. The predicted octanol–water partition coefficient (Wildman–Crippen LogP) is 4.90. The van der Waals surface area contributed by atoms with E-state index in [0.717, 1.165) is 11.1 Å². The molecule has 1 unspecified atom stereocenters. The molecular weight excluding hydrogens is 473 g/mol. The molecule has 4 aromatic rings. The normalized spacial score (nSPS) is 11.4. The molecule has 0 saturated carbocycles. The third kappa shape index (κ3) is 8.26. The van der Waals surface area contributed by atoms with E-state index >= 15 is 0 Å². The maximum absolute atomic E-state index is 13.1. The molecule has 1 atom stereocenters. The van der Waals surface area contributed by atoms with E-state index in [2.05, 4.69) is 15.6 Å². The van der Waals surface area contributed by atoms with Gasteiger partial charge in [-0.25, -0.2) is 4.39 Å². The van der Waals surface area contributed by atoms with Crippen molar-refractivity contribution in [1.29, 1.82) is 0 Å². The van der Waals surface area contributed by atoms with Crippen LogP contribution >= 0.6 is 0 Å². The lowest BCUT2D eigenvalue weighted by molar-refractivity contribution is -0.127. The number of nitrogens with zero attached hydrogens (tertiary/aromatic N) is 1. The van der Waals surface area contributed by atoms with Crippen molar-refractivity contribution in [3.05, 3.63) is 120 Å². The van der Waals surface area contributed by atoms with E-state index in [1.807, 2.05) is 30.3 Å². The van der Waals surface area contributed by atoms with Crippen LogP contribution in [-0.2, 0) is 27.4 Å². The fourth-order valence-electron chi connectivity index (χ4n) is 3.46. The van der Waals surface area contributed by atoms with Gasteiger partial charge in [0.1, 0.15) is 23.4 Å². The quantitative estimate of drug-likeness (QED) is 0.307. The Labute approximate surface area is 214 Å². The summed E-state index contributed by atoms with van der Waals surface area (Å²) in [6.07, 6.45) is 3.33. The molecule has 0 aliphatic carbocycles. The zero-order chi connectivity index (χ0) is 25.9. The molecule has 0 saturated heterocycles. The average Bonchev–Trinajstić information content (AvgIpc) is 2.91. The lowest BCUT2D eigenvalue weighted by Gasteiger charge is -2.19. The van der Waals surface area contributed by atoms with E-state index in [-0.39, 0.29) is 24.8 Å². The third-order valence-corrected chi connectivity index (χ3v) is 5.31. The monoisotopic (exact) mass is 499 g/mol. The zero-order valence-corrected chi connectivity index (χ0v) is 20.0. The Morgan fingerprint density at radius 1 is 0.838 bits per heavy atom. The summed E-state index contributed by atoms with van der Waals surface area (Å²) in [5.74, 6) is -0.0678. The molecule has 3 aromatic carbocycles. The molecule has 0 aliphatic heterocycles. The van der Waals surface area contributed by atoms with E-state index in [1.54, 1.807) is 48.8 Å². The summed E-state index contributed by atoms with van der Waals surface area (Å²) in [7, 11) is 0. The highest BCUT2D eigenvalue weighted by atomic mass is 19.1. The first-order valence-electron chi connectivity index (χ1n) is 11.7. The summed E-state index contributed by atoms with van der Waals surface area (Å²) in [6, 6.07) is 24.6. The Hall–Kier alpha value is -4.56. The van der Waals surface area contributed by atoms with Gasteiger partial charge in [0.25, 0.3) is 0 Å². The molecule has 37 heavy (non-hydrogen) atoms. The minimum atomic E-state index is -0.914. The van der Waals surface area contributed by atoms with Gasteiger partial charge in [0.05, 0.1) is 19.6 Å². The van der Waals surface area contributed by atoms with Gasteiger partial charge in [-0.1, -0.05) is 36.4 Å². The van der Waals surface area contributed by atoms with E-state index in [4.69, 9.17) is 9.47 Å². The smallest absolute Gasteiger partial charge is 0.249 e. The number of pyridine rings is 1. The number of rotatable bonds is 11. The number of carbonyl (C=O) groups excluding carboxylic acids is 2. The molecular formula is C29H26FN3O4. The standard InChI is InChI=1S/C29H26FN3O4/c30-23-8-12-25(13-9-23)37-26-14-10-24(11-15-26)32-29(35)27(20-36-19-21-5-2-1-3-6-21)33-28(34)17-22-7-4-16-31-18-22/h1-16,18,27H,17,19-20H2,(H,32,35)(H,33,34). The van der Waals surface area contributed by atoms with Crippen molar-refractivity contribution in [2.75, 3.05) is 11.9 Å². The van der Waals surface area contributed by atoms with Crippen LogP contribution in [-0.4, -0.2) is 29.4 Å². The highest BCUT2D eigenvalue weighted by molar-refractivity contribution is 5.97. The van der Waals surface area contributed by atoms with E-state index in [1.165, 1.54) is 24.3 Å². The van der Waals surface area contributed by atoms with Crippen LogP contribution in [0.5, 0.6) is 11.5 Å². The number of carbonyl (C=O) groups is 2. The molecule has 188 valence electrons. The summed E-state index contributed by atoms with van der Waals surface area (Å²) < 4.78 is 24.5. The Kier molecular flexibility index (Phi) is 8.93. The lowest BCUT2D eigenvalue weighted by atomic mass is 10.2. The fourth-order valence-corrected chi connectivity index (χ4v) is 3.46. The molecule has 2 N–H and O–H groups in total. The van der Waals surface area contributed by atoms with Crippen LogP contribution in [0.4, 0.5) is 10.1 Å². The van der Waals surface area contributed by atoms with E-state index < -0.39 is 11.9 Å². The maximum Gasteiger partial charge on any atom is 0.249 e. The number of hydrogen-bond donors (Lipinski definition) is 2. The molecule has 0 bridgehead atoms. The van der Waals surface area contributed by atoms with Crippen LogP contribution < -0.4 is 15.4 Å². The van der Waals surface area contributed by atoms with Gasteiger partial charge in [-0.15, -0.1) is 0 Å². The predicted molar refractivity (Wildman–Crippen MR) is 138 cm³/mol. The molecule has 0 aliphatic rings. The second-order valence-corrected chi connectivity index (χ2v) is 8.23. The molecule has 0 spiro atoms. The molecule has 0 radical (unpaired) electrons. The number of halogens is 1. The summed E-state index contributed by atoms with van der Waals surface area (Å²) in [5, 5.41) is 5.57. The SMILES string of the molecule is O=C(Cc1cccnc1)NC(COCc1ccccc1)C(=O)Nc1ccc(Oc2ccc(F)cc2)cc1. The van der Waals surface area contributed by atoms with E-state index in [9.17, 15) is 14.0 Å². The minimum Gasteiger partial charge on any atom is -0.457 e. The first-order valence-corrected chi connectivity index (χ1v) is 11.7. The number of anilines is 1. The van der Waals surface area contributed by atoms with Gasteiger partial charge >= 0.3 is 0 Å². The van der Waals surface area contributed by atoms with Crippen molar-refractivity contribution in [2.24, 2.45) is 0 Å². The molecule has 7 nitrogen and oxygen atoms in total. The van der Waals surface area contributed by atoms with Crippen molar-refractivity contribution in [1.82, 2.24) is 10.3 Å². The van der Waals surface area contributed by atoms with Gasteiger partial charge in [-0.3, -0.25) is 14.6 Å².